The van der Waals surface area contributed by atoms with Crippen LogP contribution in [0.2, 0.25) is 0 Å². The largest absolute Gasteiger partial charge is 0.393 e. The third-order valence-corrected chi connectivity index (χ3v) is 2.57. The van der Waals surface area contributed by atoms with Crippen LogP contribution in [0, 0.1) is 0 Å². The molecule has 0 aromatic carbocycles. The first-order valence-corrected chi connectivity index (χ1v) is 3.86. The van der Waals surface area contributed by atoms with Gasteiger partial charge in [0, 0.05) is 0 Å². The van der Waals surface area contributed by atoms with Crippen LogP contribution in [0.3, 0.4) is 0 Å². The van der Waals surface area contributed by atoms with E-state index in [0.717, 1.165) is 20.8 Å². The minimum Gasteiger partial charge on any atom is -0.393 e. The lowest BCUT2D eigenvalue weighted by Gasteiger charge is -2.43. The maximum Gasteiger partial charge on any atom is 0.154 e. The Labute approximate surface area is 76.6 Å². The summed E-state index contributed by atoms with van der Waals surface area (Å²) in [6.07, 6.45) is 0.122. The molecule has 0 amide bonds. The quantitative estimate of drug-likeness (QED) is 0.403. The molecule has 0 aromatic heterocycles. The van der Waals surface area contributed by atoms with Gasteiger partial charge in [-0.1, -0.05) is 0 Å². The molecule has 78 valence electrons. The third-order valence-electron chi connectivity index (χ3n) is 2.57. The molecular weight excluding hydrogens is 176 g/mol. The number of rotatable bonds is 4. The van der Waals surface area contributed by atoms with E-state index in [4.69, 9.17) is 5.11 Å². The zero-order valence-electron chi connectivity index (χ0n) is 7.98. The van der Waals surface area contributed by atoms with Crippen LogP contribution in [0.5, 0.6) is 0 Å². The summed E-state index contributed by atoms with van der Waals surface area (Å²) >= 11 is 0. The first-order valence-electron chi connectivity index (χ1n) is 3.86. The van der Waals surface area contributed by atoms with Crippen molar-refractivity contribution >= 4 is 6.29 Å². The van der Waals surface area contributed by atoms with Gasteiger partial charge in [-0.2, -0.15) is 0 Å². The molecule has 0 bridgehead atoms. The number of hydrogen-bond donors (Lipinski definition) is 4. The molecule has 5 heteroatoms. The van der Waals surface area contributed by atoms with Crippen LogP contribution in [-0.4, -0.2) is 50.1 Å². The fraction of sp³-hybridized carbons (Fsp3) is 0.875. The van der Waals surface area contributed by atoms with Crippen LogP contribution in [0.15, 0.2) is 0 Å². The van der Waals surface area contributed by atoms with Crippen LogP contribution in [-0.2, 0) is 4.79 Å². The van der Waals surface area contributed by atoms with Crippen molar-refractivity contribution in [2.24, 2.45) is 0 Å². The highest BCUT2D eigenvalue weighted by atomic mass is 16.4. The minimum absolute atomic E-state index is 0.122. The Morgan fingerprint density at radius 1 is 1.15 bits per heavy atom. The summed E-state index contributed by atoms with van der Waals surface area (Å²) in [4.78, 5) is 10.4. The summed E-state index contributed by atoms with van der Waals surface area (Å²) in [6, 6.07) is 0. The molecule has 0 rings (SSSR count). The average molecular weight is 192 g/mol. The molecule has 0 heterocycles. The topological polar surface area (TPSA) is 98.0 Å². The Hall–Kier alpha value is -0.490. The van der Waals surface area contributed by atoms with Crippen molar-refractivity contribution in [3.05, 3.63) is 0 Å². The van der Waals surface area contributed by atoms with Gasteiger partial charge >= 0.3 is 0 Å². The molecule has 0 saturated carbocycles. The molecule has 0 spiro atoms. The molecule has 0 aliphatic rings. The lowest BCUT2D eigenvalue weighted by atomic mass is 9.75. The molecule has 4 N–H and O–H groups in total. The number of aliphatic hydroxyl groups is 4. The van der Waals surface area contributed by atoms with Crippen molar-refractivity contribution in [2.75, 3.05) is 6.61 Å². The molecule has 0 aromatic rings. The Morgan fingerprint density at radius 3 is 1.77 bits per heavy atom. The number of carbonyl (C=O) groups excluding carboxylic acids is 1. The molecule has 13 heavy (non-hydrogen) atoms. The fourth-order valence-corrected chi connectivity index (χ4v) is 0.814. The van der Waals surface area contributed by atoms with Gasteiger partial charge in [-0.05, 0) is 20.8 Å². The van der Waals surface area contributed by atoms with Crippen molar-refractivity contribution in [2.45, 2.75) is 37.6 Å². The predicted octanol–water partition coefficient (Wildman–Crippen LogP) is -1.57. The van der Waals surface area contributed by atoms with E-state index in [9.17, 15) is 20.1 Å². The van der Waals surface area contributed by atoms with Crippen molar-refractivity contribution in [1.82, 2.24) is 0 Å². The van der Waals surface area contributed by atoms with Crippen molar-refractivity contribution < 1.29 is 25.2 Å². The highest BCUT2D eigenvalue weighted by molar-refractivity contribution is 5.64. The van der Waals surface area contributed by atoms with Crippen molar-refractivity contribution in [1.29, 1.82) is 0 Å². The molecule has 3 atom stereocenters. The highest BCUT2D eigenvalue weighted by Crippen LogP contribution is 2.31. The van der Waals surface area contributed by atoms with E-state index in [1.165, 1.54) is 0 Å². The number of carbonyl (C=O) groups is 1. The van der Waals surface area contributed by atoms with Crippen LogP contribution in [0.25, 0.3) is 0 Å². The van der Waals surface area contributed by atoms with Gasteiger partial charge in [0.15, 0.2) is 6.29 Å². The Balaban J connectivity index is 5.06. The van der Waals surface area contributed by atoms with E-state index >= 15 is 0 Å². The van der Waals surface area contributed by atoms with Gasteiger partial charge in [0.25, 0.3) is 0 Å². The zero-order chi connectivity index (χ0) is 10.9. The lowest BCUT2D eigenvalue weighted by molar-refractivity contribution is -0.225. The number of hydrogen-bond acceptors (Lipinski definition) is 5. The smallest absolute Gasteiger partial charge is 0.154 e. The predicted molar refractivity (Wildman–Crippen MR) is 45.0 cm³/mol. The molecule has 0 saturated heterocycles. The van der Waals surface area contributed by atoms with Crippen LogP contribution >= 0.6 is 0 Å². The Bertz CT molecular complexity index is 195. The highest BCUT2D eigenvalue weighted by Gasteiger charge is 2.54. The van der Waals surface area contributed by atoms with Crippen molar-refractivity contribution in [3.8, 4) is 0 Å². The molecule has 0 fully saturated rings. The summed E-state index contributed by atoms with van der Waals surface area (Å²) in [5.41, 5.74) is -6.17. The van der Waals surface area contributed by atoms with E-state index in [0.29, 0.717) is 0 Å². The van der Waals surface area contributed by atoms with Crippen LogP contribution in [0.1, 0.15) is 20.8 Å². The lowest BCUT2D eigenvalue weighted by Crippen LogP contribution is -2.66. The van der Waals surface area contributed by atoms with Crippen LogP contribution in [0.4, 0.5) is 0 Å². The second-order valence-corrected chi connectivity index (χ2v) is 3.77. The molecule has 0 radical (unpaired) electrons. The summed E-state index contributed by atoms with van der Waals surface area (Å²) in [6.45, 7) is 2.51. The standard InChI is InChI=1S/C8H16O5/c1-6(11,4-9)8(3,13)7(2,12)5-10/h4,10-13H,5H2,1-3H3/t6-,7+,8+/m0/s1. The molecule has 0 aliphatic heterocycles. The van der Waals surface area contributed by atoms with E-state index in [1.807, 2.05) is 0 Å². The first kappa shape index (κ1) is 12.5. The maximum atomic E-state index is 10.4. The van der Waals surface area contributed by atoms with Gasteiger partial charge < -0.3 is 25.2 Å². The van der Waals surface area contributed by atoms with E-state index in [-0.39, 0.29) is 6.29 Å². The van der Waals surface area contributed by atoms with E-state index in [2.05, 4.69) is 0 Å². The Morgan fingerprint density at radius 2 is 1.54 bits per heavy atom. The van der Waals surface area contributed by atoms with Crippen molar-refractivity contribution in [3.63, 3.8) is 0 Å². The van der Waals surface area contributed by atoms with Gasteiger partial charge in [0.05, 0.1) is 6.61 Å². The number of aliphatic hydroxyl groups excluding tert-OH is 1. The maximum absolute atomic E-state index is 10.4. The molecule has 0 aliphatic carbocycles. The molecule has 0 unspecified atom stereocenters. The monoisotopic (exact) mass is 192 g/mol. The summed E-state index contributed by atoms with van der Waals surface area (Å²) < 4.78 is 0. The van der Waals surface area contributed by atoms with Gasteiger partial charge in [-0.3, -0.25) is 0 Å². The average Bonchev–Trinajstić information content (AvgIpc) is 2.03. The van der Waals surface area contributed by atoms with E-state index < -0.39 is 23.4 Å². The van der Waals surface area contributed by atoms with Gasteiger partial charge in [0.1, 0.15) is 16.8 Å². The first-order chi connectivity index (χ1) is 5.62. The summed E-state index contributed by atoms with van der Waals surface area (Å²) in [5.74, 6) is 0. The number of aldehydes is 1. The second kappa shape index (κ2) is 3.34. The van der Waals surface area contributed by atoms with Gasteiger partial charge in [-0.25, -0.2) is 0 Å². The van der Waals surface area contributed by atoms with Gasteiger partial charge in [0.2, 0.25) is 0 Å². The fourth-order valence-electron chi connectivity index (χ4n) is 0.814. The Kier molecular flexibility index (Phi) is 3.21. The SMILES string of the molecule is C[C@@](O)([C@@](C)(O)C=O)[C@](C)(O)CO. The molecule has 5 nitrogen and oxygen atoms in total. The minimum atomic E-state index is -2.11. The molecular formula is C8H16O5. The summed E-state index contributed by atoms with van der Waals surface area (Å²) in [5, 5.41) is 37.4. The third kappa shape index (κ3) is 1.88. The van der Waals surface area contributed by atoms with E-state index in [1.54, 1.807) is 0 Å². The zero-order valence-corrected chi connectivity index (χ0v) is 7.98. The summed E-state index contributed by atoms with van der Waals surface area (Å²) in [7, 11) is 0. The normalized spacial score (nSPS) is 25.5. The van der Waals surface area contributed by atoms with Crippen LogP contribution < -0.4 is 0 Å². The van der Waals surface area contributed by atoms with Gasteiger partial charge in [-0.15, -0.1) is 0 Å². The second-order valence-electron chi connectivity index (χ2n) is 3.77.